The standard InChI is InChI=1S/C17H13F3N2O4S3/c18-17(19,20)12-5-3-6-13(11-12)28(23,24)21-14-7-1-2-8-15(14)22-29(25,26)16-9-4-10-27-16/h1-11,21-22H. The van der Waals surface area contributed by atoms with Crippen LogP contribution in [0.3, 0.4) is 0 Å². The van der Waals surface area contributed by atoms with Gasteiger partial charge in [0.05, 0.1) is 21.8 Å². The molecule has 0 aliphatic rings. The van der Waals surface area contributed by atoms with Crippen molar-refractivity contribution in [2.75, 3.05) is 9.44 Å². The smallest absolute Gasteiger partial charge is 0.277 e. The lowest BCUT2D eigenvalue weighted by atomic mass is 10.2. The van der Waals surface area contributed by atoms with Crippen LogP contribution >= 0.6 is 11.3 Å². The van der Waals surface area contributed by atoms with Crippen LogP contribution in [0, 0.1) is 0 Å². The van der Waals surface area contributed by atoms with Crippen molar-refractivity contribution in [3.8, 4) is 0 Å². The molecule has 0 aliphatic carbocycles. The Morgan fingerprint density at radius 2 is 1.38 bits per heavy atom. The molecule has 0 unspecified atom stereocenters. The third kappa shape index (κ3) is 4.89. The predicted octanol–water partition coefficient (Wildman–Crippen LogP) is 4.37. The van der Waals surface area contributed by atoms with Crippen LogP contribution in [0.1, 0.15) is 5.56 Å². The molecule has 3 aromatic rings. The van der Waals surface area contributed by atoms with Crippen molar-refractivity contribution in [1.29, 1.82) is 0 Å². The van der Waals surface area contributed by atoms with E-state index in [1.807, 2.05) is 0 Å². The summed E-state index contributed by atoms with van der Waals surface area (Å²) in [5.74, 6) is 0. The maximum Gasteiger partial charge on any atom is 0.416 e. The Bertz CT molecular complexity index is 1220. The molecule has 1 heterocycles. The maximum absolute atomic E-state index is 12.9. The molecule has 0 spiro atoms. The van der Waals surface area contributed by atoms with E-state index in [-0.39, 0.29) is 15.6 Å². The van der Waals surface area contributed by atoms with Gasteiger partial charge in [-0.05, 0) is 41.8 Å². The summed E-state index contributed by atoms with van der Waals surface area (Å²) < 4.78 is 93.0. The van der Waals surface area contributed by atoms with Crippen LogP contribution < -0.4 is 9.44 Å². The second kappa shape index (κ2) is 7.69. The molecule has 0 saturated carbocycles. The van der Waals surface area contributed by atoms with E-state index in [1.54, 1.807) is 11.4 Å². The molecule has 0 amide bonds. The largest absolute Gasteiger partial charge is 0.416 e. The first-order chi connectivity index (χ1) is 13.5. The van der Waals surface area contributed by atoms with Crippen LogP contribution in [-0.4, -0.2) is 16.8 Å². The van der Waals surface area contributed by atoms with E-state index in [4.69, 9.17) is 0 Å². The van der Waals surface area contributed by atoms with E-state index in [1.165, 1.54) is 30.3 Å². The van der Waals surface area contributed by atoms with Gasteiger partial charge in [-0.2, -0.15) is 13.2 Å². The van der Waals surface area contributed by atoms with Crippen molar-refractivity contribution < 1.29 is 30.0 Å². The number of rotatable bonds is 6. The lowest BCUT2D eigenvalue weighted by Gasteiger charge is -2.15. The zero-order valence-electron chi connectivity index (χ0n) is 14.3. The minimum Gasteiger partial charge on any atom is -0.277 e. The van der Waals surface area contributed by atoms with Crippen LogP contribution in [0.15, 0.2) is 75.1 Å². The molecule has 2 N–H and O–H groups in total. The first-order valence-corrected chi connectivity index (χ1v) is 11.7. The molecule has 0 fully saturated rings. The van der Waals surface area contributed by atoms with Gasteiger partial charge in [-0.25, -0.2) is 16.8 Å². The second-order valence-electron chi connectivity index (χ2n) is 5.71. The molecule has 6 nitrogen and oxygen atoms in total. The van der Waals surface area contributed by atoms with Crippen molar-refractivity contribution in [1.82, 2.24) is 0 Å². The van der Waals surface area contributed by atoms with E-state index >= 15 is 0 Å². The fraction of sp³-hybridized carbons (Fsp3) is 0.0588. The maximum atomic E-state index is 12.9. The average Bonchev–Trinajstić information content (AvgIpc) is 3.18. The van der Waals surface area contributed by atoms with Crippen LogP contribution in [-0.2, 0) is 26.2 Å². The summed E-state index contributed by atoms with van der Waals surface area (Å²) in [6, 6.07) is 11.7. The minimum absolute atomic E-state index is 0.0213. The Balaban J connectivity index is 1.93. The Morgan fingerprint density at radius 1 is 0.759 bits per heavy atom. The van der Waals surface area contributed by atoms with Crippen LogP contribution in [0.4, 0.5) is 24.5 Å². The Hall–Kier alpha value is -2.57. The van der Waals surface area contributed by atoms with Gasteiger partial charge in [-0.15, -0.1) is 11.3 Å². The molecule has 3 rings (SSSR count). The van der Waals surface area contributed by atoms with Crippen molar-refractivity contribution >= 4 is 42.8 Å². The van der Waals surface area contributed by atoms with E-state index in [0.717, 1.165) is 29.5 Å². The summed E-state index contributed by atoms with van der Waals surface area (Å²) in [5.41, 5.74) is -1.33. The van der Waals surface area contributed by atoms with Crippen molar-refractivity contribution in [3.63, 3.8) is 0 Å². The second-order valence-corrected chi connectivity index (χ2v) is 10.3. The summed E-state index contributed by atoms with van der Waals surface area (Å²) in [7, 11) is -8.36. The normalized spacial score (nSPS) is 12.5. The molecule has 1 aromatic heterocycles. The van der Waals surface area contributed by atoms with Gasteiger partial charge in [0, 0.05) is 0 Å². The van der Waals surface area contributed by atoms with Gasteiger partial charge in [0.2, 0.25) is 0 Å². The first-order valence-electron chi connectivity index (χ1n) is 7.84. The molecule has 154 valence electrons. The molecule has 2 aromatic carbocycles. The highest BCUT2D eigenvalue weighted by Crippen LogP contribution is 2.32. The number of anilines is 2. The highest BCUT2D eigenvalue weighted by atomic mass is 32.2. The van der Waals surface area contributed by atoms with E-state index in [0.29, 0.717) is 6.07 Å². The predicted molar refractivity (Wildman–Crippen MR) is 104 cm³/mol. The van der Waals surface area contributed by atoms with Gasteiger partial charge in [0.25, 0.3) is 20.0 Å². The zero-order chi connectivity index (χ0) is 21.3. The van der Waals surface area contributed by atoms with Crippen molar-refractivity contribution in [2.24, 2.45) is 0 Å². The molecular formula is C17H13F3N2O4S3. The molecule has 12 heteroatoms. The fourth-order valence-electron chi connectivity index (χ4n) is 2.32. The van der Waals surface area contributed by atoms with Gasteiger partial charge in [0.15, 0.2) is 0 Å². The Labute approximate surface area is 169 Å². The third-order valence-corrected chi connectivity index (χ3v) is 7.77. The molecule has 0 atom stereocenters. The van der Waals surface area contributed by atoms with Gasteiger partial charge < -0.3 is 0 Å². The molecular weight excluding hydrogens is 449 g/mol. The SMILES string of the molecule is O=S(=O)(Nc1ccccc1NS(=O)(=O)c1cccs1)c1cccc(C(F)(F)F)c1. The van der Waals surface area contributed by atoms with Crippen LogP contribution in [0.2, 0.25) is 0 Å². The number of hydrogen-bond donors (Lipinski definition) is 2. The van der Waals surface area contributed by atoms with E-state index in [9.17, 15) is 30.0 Å². The highest BCUT2D eigenvalue weighted by Gasteiger charge is 2.31. The first kappa shape index (κ1) is 21.1. The quantitative estimate of drug-likeness (QED) is 0.569. The molecule has 0 radical (unpaired) electrons. The minimum atomic E-state index is -4.71. The summed E-state index contributed by atoms with van der Waals surface area (Å²) in [5, 5.41) is 1.57. The van der Waals surface area contributed by atoms with E-state index in [2.05, 4.69) is 9.44 Å². The average molecular weight is 462 g/mol. The Kier molecular flexibility index (Phi) is 5.61. The fourth-order valence-corrected chi connectivity index (χ4v) is 5.51. The highest BCUT2D eigenvalue weighted by molar-refractivity contribution is 7.94. The number of nitrogens with one attached hydrogen (secondary N) is 2. The summed E-state index contributed by atoms with van der Waals surface area (Å²) >= 11 is 0.973. The number of sulfonamides is 2. The lowest BCUT2D eigenvalue weighted by Crippen LogP contribution is -2.17. The monoisotopic (exact) mass is 462 g/mol. The summed E-state index contributed by atoms with van der Waals surface area (Å²) in [6.07, 6.45) is -4.71. The number of hydrogen-bond acceptors (Lipinski definition) is 5. The molecule has 29 heavy (non-hydrogen) atoms. The summed E-state index contributed by atoms with van der Waals surface area (Å²) in [4.78, 5) is -0.608. The summed E-state index contributed by atoms with van der Waals surface area (Å²) in [6.45, 7) is 0. The number of para-hydroxylation sites is 2. The molecule has 0 aliphatic heterocycles. The van der Waals surface area contributed by atoms with Crippen molar-refractivity contribution in [3.05, 3.63) is 71.6 Å². The third-order valence-electron chi connectivity index (χ3n) is 3.65. The number of benzene rings is 2. The van der Waals surface area contributed by atoms with Crippen LogP contribution in [0.25, 0.3) is 0 Å². The number of thiophene rings is 1. The Morgan fingerprint density at radius 3 is 1.93 bits per heavy atom. The molecule has 0 bridgehead atoms. The van der Waals surface area contributed by atoms with Gasteiger partial charge >= 0.3 is 6.18 Å². The van der Waals surface area contributed by atoms with E-state index < -0.39 is 36.7 Å². The lowest BCUT2D eigenvalue weighted by molar-refractivity contribution is -0.137. The molecule has 0 saturated heterocycles. The zero-order valence-corrected chi connectivity index (χ0v) is 16.8. The number of alkyl halides is 3. The van der Waals surface area contributed by atoms with Crippen molar-refractivity contribution in [2.45, 2.75) is 15.3 Å². The topological polar surface area (TPSA) is 92.3 Å². The van der Waals surface area contributed by atoms with Gasteiger partial charge in [-0.3, -0.25) is 9.44 Å². The van der Waals surface area contributed by atoms with Crippen LogP contribution in [0.5, 0.6) is 0 Å². The van der Waals surface area contributed by atoms with Gasteiger partial charge in [0.1, 0.15) is 4.21 Å². The number of halogens is 3. The van der Waals surface area contributed by atoms with Gasteiger partial charge in [-0.1, -0.05) is 24.3 Å².